The lowest BCUT2D eigenvalue weighted by Gasteiger charge is -2.20. The minimum absolute atomic E-state index is 0.0141. The van der Waals surface area contributed by atoms with Crippen molar-refractivity contribution in [3.05, 3.63) is 22.2 Å². The molecule has 2 heterocycles. The molecule has 1 aliphatic rings. The first-order valence-electron chi connectivity index (χ1n) is 8.90. The molecule has 1 aromatic heterocycles. The molecule has 0 spiro atoms. The van der Waals surface area contributed by atoms with Crippen LogP contribution >= 0.6 is 36.1 Å². The Morgan fingerprint density at radius 2 is 1.91 bits per heavy atom. The number of nitrogens with zero attached hydrogens (tertiary/aromatic N) is 2. The van der Waals surface area contributed by atoms with E-state index in [4.69, 9.17) is 30.7 Å². The van der Waals surface area contributed by atoms with E-state index >= 15 is 0 Å². The van der Waals surface area contributed by atoms with Crippen molar-refractivity contribution in [2.75, 3.05) is 24.8 Å². The summed E-state index contributed by atoms with van der Waals surface area (Å²) in [5.41, 5.74) is 10.4. The highest BCUT2D eigenvalue weighted by molar-refractivity contribution is 7.80. The molecule has 17 nitrogen and oxygen atoms in total. The van der Waals surface area contributed by atoms with Crippen molar-refractivity contribution in [3.63, 3.8) is 0 Å². The van der Waals surface area contributed by atoms with Crippen LogP contribution in [0.15, 0.2) is 11.0 Å². The van der Waals surface area contributed by atoms with Gasteiger partial charge in [0.05, 0.1) is 30.8 Å². The van der Waals surface area contributed by atoms with Gasteiger partial charge in [-0.15, -0.1) is 0 Å². The Balaban J connectivity index is 2.17. The quantitative estimate of drug-likeness (QED) is 0.0778. The average Bonchev–Trinajstić information content (AvgIpc) is 3.06. The van der Waals surface area contributed by atoms with Crippen LogP contribution in [0.2, 0.25) is 0 Å². The molecular weight excluding hydrogens is 545 g/mol. The number of nitrogens with two attached hydrogens (primary N) is 2. The molecular formula is C13H21N4O13P3S. The number of thiol groups is 1. The predicted molar refractivity (Wildman–Crippen MR) is 116 cm³/mol. The normalized spacial score (nSPS) is 24.1. The molecule has 1 fully saturated rings. The molecule has 0 aromatic carbocycles. The molecule has 34 heavy (non-hydrogen) atoms. The van der Waals surface area contributed by atoms with Crippen molar-refractivity contribution in [2.45, 2.75) is 24.9 Å². The number of hydrogen-bond acceptors (Lipinski definition) is 13. The highest BCUT2D eigenvalue weighted by Gasteiger charge is 2.43. The predicted octanol–water partition coefficient (Wildman–Crippen LogP) is -0.961. The first-order valence-corrected chi connectivity index (χ1v) is 14.1. The van der Waals surface area contributed by atoms with Gasteiger partial charge in [0.15, 0.2) is 0 Å². The maximum absolute atomic E-state index is 12.3. The van der Waals surface area contributed by atoms with Crippen LogP contribution in [0.3, 0.4) is 0 Å². The monoisotopic (exact) mass is 566 g/mol. The summed E-state index contributed by atoms with van der Waals surface area (Å²) in [7, 11) is -16.6. The van der Waals surface area contributed by atoms with Crippen molar-refractivity contribution in [1.82, 2.24) is 9.55 Å². The van der Waals surface area contributed by atoms with Crippen LogP contribution in [0.5, 0.6) is 0 Å². The van der Waals surface area contributed by atoms with E-state index < -0.39 is 54.2 Å². The number of anilines is 1. The standard InChI is InChI=1S/C13H21N4O13P3S/c14-3-1-2-8-5-17(13(18)16-12(8)15)11-4-9(26-7-34)10(28-11)6-27-32(22,23)30-33(24,25)29-31(19,20)21/h5,9-11,34H,3-4,6-7,14H2,(H,22,23)(H,24,25)(H2,15,16,18)(H2,19,20,21)/t9-,10?,11-/m1/s1. The summed E-state index contributed by atoms with van der Waals surface area (Å²) in [4.78, 5) is 51.9. The van der Waals surface area contributed by atoms with E-state index in [0.29, 0.717) is 0 Å². The zero-order valence-electron chi connectivity index (χ0n) is 16.9. The fourth-order valence-electron chi connectivity index (χ4n) is 2.69. The molecule has 5 atom stereocenters. The topological polar surface area (TPSA) is 265 Å². The number of hydrogen-bond donors (Lipinski definition) is 7. The first-order chi connectivity index (χ1) is 15.7. The van der Waals surface area contributed by atoms with Crippen LogP contribution in [0.25, 0.3) is 0 Å². The molecule has 192 valence electrons. The number of rotatable bonds is 10. The second-order valence-corrected chi connectivity index (χ2v) is 11.0. The van der Waals surface area contributed by atoms with Gasteiger partial charge in [-0.05, 0) is 0 Å². The Bertz CT molecular complexity index is 1150. The molecule has 0 aliphatic carbocycles. The summed E-state index contributed by atoms with van der Waals surface area (Å²) in [5.74, 6) is 4.96. The van der Waals surface area contributed by atoms with Crippen LogP contribution in [0.1, 0.15) is 18.2 Å². The van der Waals surface area contributed by atoms with E-state index in [1.54, 1.807) is 0 Å². The third-order valence-corrected chi connectivity index (χ3v) is 7.86. The third kappa shape index (κ3) is 8.83. The summed E-state index contributed by atoms with van der Waals surface area (Å²) in [6.07, 6.45) is -1.71. The summed E-state index contributed by atoms with van der Waals surface area (Å²) in [6.45, 7) is -0.755. The number of ether oxygens (including phenoxy) is 2. The Hall–Kier alpha value is -1.12. The maximum Gasteiger partial charge on any atom is 0.490 e. The summed E-state index contributed by atoms with van der Waals surface area (Å²) < 4.78 is 58.0. The van der Waals surface area contributed by atoms with Crippen molar-refractivity contribution in [1.29, 1.82) is 0 Å². The van der Waals surface area contributed by atoms with Gasteiger partial charge in [0.1, 0.15) is 18.1 Å². The zero-order valence-corrected chi connectivity index (χ0v) is 20.5. The van der Waals surface area contributed by atoms with Gasteiger partial charge in [-0.3, -0.25) is 9.09 Å². The van der Waals surface area contributed by atoms with Crippen LogP contribution in [-0.2, 0) is 36.3 Å². The number of nitrogen functional groups attached to an aromatic ring is 1. The summed E-state index contributed by atoms with van der Waals surface area (Å²) in [5, 5.41) is 0. The van der Waals surface area contributed by atoms with Crippen molar-refractivity contribution >= 4 is 41.9 Å². The Kier molecular flexibility index (Phi) is 10.1. The SMILES string of the molecule is NCC#Cc1cn([C@H]2C[C@@H](OCS)C(COP(=O)(O)OP(=O)(O)OP(=O)(O)O)O2)c(=O)nc1N. The second-order valence-electron chi connectivity index (χ2n) is 6.32. The van der Waals surface area contributed by atoms with E-state index in [2.05, 4.69) is 42.6 Å². The molecule has 0 amide bonds. The van der Waals surface area contributed by atoms with Gasteiger partial charge >= 0.3 is 29.2 Å². The highest BCUT2D eigenvalue weighted by atomic mass is 32.1. The minimum Gasteiger partial charge on any atom is -0.382 e. The Morgan fingerprint density at radius 1 is 1.24 bits per heavy atom. The van der Waals surface area contributed by atoms with Gasteiger partial charge in [0.2, 0.25) is 0 Å². The van der Waals surface area contributed by atoms with Gasteiger partial charge < -0.3 is 40.5 Å². The van der Waals surface area contributed by atoms with Crippen molar-refractivity contribution in [2.24, 2.45) is 5.73 Å². The summed E-state index contributed by atoms with van der Waals surface area (Å²) in [6, 6.07) is 0. The number of aromatic nitrogens is 2. The van der Waals surface area contributed by atoms with Gasteiger partial charge in [0.25, 0.3) is 0 Å². The largest absolute Gasteiger partial charge is 0.490 e. The third-order valence-electron chi connectivity index (χ3n) is 3.90. The lowest BCUT2D eigenvalue weighted by Crippen LogP contribution is -2.29. The highest BCUT2D eigenvalue weighted by Crippen LogP contribution is 2.66. The fraction of sp³-hybridized carbons (Fsp3) is 0.538. The van der Waals surface area contributed by atoms with E-state index in [1.165, 1.54) is 6.20 Å². The average molecular weight is 566 g/mol. The molecule has 0 radical (unpaired) electrons. The maximum atomic E-state index is 12.3. The van der Waals surface area contributed by atoms with Crippen molar-refractivity contribution in [3.8, 4) is 11.8 Å². The second kappa shape index (κ2) is 11.7. The number of phosphoric ester groups is 1. The molecule has 3 unspecified atom stereocenters. The fourth-order valence-corrected chi connectivity index (χ4v) is 5.91. The van der Waals surface area contributed by atoms with E-state index in [1.807, 2.05) is 0 Å². The Morgan fingerprint density at radius 3 is 2.50 bits per heavy atom. The molecule has 1 aromatic rings. The van der Waals surface area contributed by atoms with Crippen LogP contribution < -0.4 is 17.2 Å². The zero-order chi connectivity index (χ0) is 25.7. The van der Waals surface area contributed by atoms with E-state index in [0.717, 1.165) is 4.57 Å². The van der Waals surface area contributed by atoms with Crippen LogP contribution in [-0.4, -0.2) is 60.4 Å². The molecule has 1 saturated heterocycles. The summed E-state index contributed by atoms with van der Waals surface area (Å²) >= 11 is 3.93. The lowest BCUT2D eigenvalue weighted by atomic mass is 10.2. The number of phosphoric acid groups is 3. The van der Waals surface area contributed by atoms with Crippen molar-refractivity contribution < 1.29 is 55.9 Å². The lowest BCUT2D eigenvalue weighted by molar-refractivity contribution is -0.0542. The van der Waals surface area contributed by atoms with Gasteiger partial charge in [-0.2, -0.15) is 26.2 Å². The van der Waals surface area contributed by atoms with Gasteiger partial charge in [0, 0.05) is 12.6 Å². The molecule has 0 bridgehead atoms. The molecule has 8 N–H and O–H groups in total. The smallest absolute Gasteiger partial charge is 0.382 e. The van der Waals surface area contributed by atoms with Gasteiger partial charge in [-0.25, -0.2) is 18.5 Å². The van der Waals surface area contributed by atoms with Crippen LogP contribution in [0.4, 0.5) is 5.82 Å². The minimum atomic E-state index is -5.68. The first kappa shape index (κ1) is 29.1. The van der Waals surface area contributed by atoms with Gasteiger partial charge in [-0.1, -0.05) is 11.8 Å². The van der Waals surface area contributed by atoms with Crippen LogP contribution in [0, 0.1) is 11.8 Å². The Labute approximate surface area is 197 Å². The molecule has 1 aliphatic heterocycles. The molecule has 21 heteroatoms. The van der Waals surface area contributed by atoms with E-state index in [9.17, 15) is 28.3 Å². The molecule has 0 saturated carbocycles. The molecule has 2 rings (SSSR count). The van der Waals surface area contributed by atoms with E-state index in [-0.39, 0.29) is 30.3 Å².